The van der Waals surface area contributed by atoms with Crippen molar-refractivity contribution in [1.82, 2.24) is 25.1 Å². The molecule has 250 valence electrons. The third-order valence-electron chi connectivity index (χ3n) is 8.58. The molecule has 3 aromatic rings. The summed E-state index contributed by atoms with van der Waals surface area (Å²) in [5.41, 5.74) is 1.18. The molecule has 1 aromatic heterocycles. The molecule has 1 saturated carbocycles. The number of rotatable bonds is 7. The minimum absolute atomic E-state index is 0.123. The Morgan fingerprint density at radius 2 is 1.87 bits per heavy atom. The topological polar surface area (TPSA) is 141 Å². The van der Waals surface area contributed by atoms with Crippen molar-refractivity contribution in [2.45, 2.75) is 45.4 Å². The summed E-state index contributed by atoms with van der Waals surface area (Å²) in [4.78, 5) is 58.8. The maximum absolute atomic E-state index is 13.6. The number of amides is 3. The molecule has 1 unspecified atom stereocenters. The van der Waals surface area contributed by atoms with Crippen LogP contribution in [0.25, 0.3) is 5.69 Å². The number of esters is 1. The van der Waals surface area contributed by atoms with Gasteiger partial charge in [-0.3, -0.25) is 19.2 Å². The van der Waals surface area contributed by atoms with Gasteiger partial charge in [-0.1, -0.05) is 18.9 Å². The summed E-state index contributed by atoms with van der Waals surface area (Å²) in [6, 6.07) is 12.6. The molecule has 0 saturated heterocycles. The zero-order chi connectivity index (χ0) is 33.2. The summed E-state index contributed by atoms with van der Waals surface area (Å²) >= 11 is 0. The number of carbonyl (C=O) groups is 4. The van der Waals surface area contributed by atoms with Crippen molar-refractivity contribution in [2.75, 3.05) is 46.5 Å². The van der Waals surface area contributed by atoms with Crippen LogP contribution in [-0.4, -0.2) is 84.6 Å². The van der Waals surface area contributed by atoms with Gasteiger partial charge in [0.15, 0.2) is 18.1 Å². The lowest BCUT2D eigenvalue weighted by Gasteiger charge is -2.32. The highest BCUT2D eigenvalue weighted by Crippen LogP contribution is 2.43. The van der Waals surface area contributed by atoms with Crippen LogP contribution >= 0.6 is 0 Å². The van der Waals surface area contributed by atoms with Gasteiger partial charge in [0.2, 0.25) is 5.91 Å². The van der Waals surface area contributed by atoms with Gasteiger partial charge in [-0.25, -0.2) is 4.98 Å². The number of benzene rings is 2. The maximum Gasteiger partial charge on any atom is 0.314 e. The summed E-state index contributed by atoms with van der Waals surface area (Å²) in [7, 11) is 1.52. The van der Waals surface area contributed by atoms with Gasteiger partial charge in [0, 0.05) is 56.2 Å². The summed E-state index contributed by atoms with van der Waals surface area (Å²) in [6.45, 7) is 2.60. The van der Waals surface area contributed by atoms with Gasteiger partial charge in [-0.05, 0) is 74.1 Å². The van der Waals surface area contributed by atoms with Crippen LogP contribution in [0.4, 0.5) is 0 Å². The molecule has 2 aliphatic rings. The summed E-state index contributed by atoms with van der Waals surface area (Å²) in [6.07, 6.45) is 8.69. The highest BCUT2D eigenvalue weighted by molar-refractivity contribution is 5.94. The molecule has 12 heteroatoms. The Morgan fingerprint density at radius 3 is 2.57 bits per heavy atom. The SMILES string of the molecule is CCOC(=O)C1(CC2CC2)CNC(=O)CCCN(C(=O)c2ccc(-n3ccnc3)cc2)CCNC(=O)COc2cc(ccc2OC)C1. The zero-order valence-corrected chi connectivity index (χ0v) is 27.0. The van der Waals surface area contributed by atoms with Gasteiger partial charge in [0.05, 0.1) is 25.5 Å². The molecular weight excluding hydrogens is 602 g/mol. The van der Waals surface area contributed by atoms with Crippen molar-refractivity contribution in [3.05, 3.63) is 72.3 Å². The average molecular weight is 646 g/mol. The van der Waals surface area contributed by atoms with Crippen molar-refractivity contribution in [3.63, 3.8) is 0 Å². The smallest absolute Gasteiger partial charge is 0.314 e. The molecule has 3 amide bonds. The second kappa shape index (κ2) is 15.6. The Bertz CT molecular complexity index is 1540. The molecule has 2 aromatic carbocycles. The number of fused-ring (bicyclic) bond motifs is 2. The zero-order valence-electron chi connectivity index (χ0n) is 27.0. The van der Waals surface area contributed by atoms with Crippen LogP contribution in [-0.2, 0) is 25.5 Å². The molecule has 5 rings (SSSR count). The molecule has 1 atom stereocenters. The van der Waals surface area contributed by atoms with Crippen LogP contribution in [0.2, 0.25) is 0 Å². The van der Waals surface area contributed by atoms with Crippen LogP contribution in [0, 0.1) is 11.3 Å². The Kier molecular flexibility index (Phi) is 11.1. The minimum Gasteiger partial charge on any atom is -0.493 e. The fourth-order valence-electron chi connectivity index (χ4n) is 5.92. The number of nitrogens with one attached hydrogen (secondary N) is 2. The van der Waals surface area contributed by atoms with E-state index < -0.39 is 5.41 Å². The largest absolute Gasteiger partial charge is 0.493 e. The molecule has 1 fully saturated rings. The van der Waals surface area contributed by atoms with E-state index in [9.17, 15) is 19.2 Å². The summed E-state index contributed by atoms with van der Waals surface area (Å²) in [5.74, 6) is 0.0594. The molecular formula is C35H43N5O7. The van der Waals surface area contributed by atoms with Crippen molar-refractivity contribution in [3.8, 4) is 17.2 Å². The highest BCUT2D eigenvalue weighted by Gasteiger charge is 2.44. The van der Waals surface area contributed by atoms with E-state index in [1.165, 1.54) is 7.11 Å². The predicted molar refractivity (Wildman–Crippen MR) is 173 cm³/mol. The first-order valence-corrected chi connectivity index (χ1v) is 16.2. The van der Waals surface area contributed by atoms with E-state index in [0.29, 0.717) is 48.8 Å². The lowest BCUT2D eigenvalue weighted by Crippen LogP contribution is -2.46. The van der Waals surface area contributed by atoms with Crippen LogP contribution in [0.1, 0.15) is 54.9 Å². The van der Waals surface area contributed by atoms with Gasteiger partial charge in [0.25, 0.3) is 11.8 Å². The lowest BCUT2D eigenvalue weighted by molar-refractivity contribution is -0.156. The van der Waals surface area contributed by atoms with Crippen molar-refractivity contribution >= 4 is 23.7 Å². The van der Waals surface area contributed by atoms with Crippen molar-refractivity contribution in [1.29, 1.82) is 0 Å². The molecule has 2 bridgehead atoms. The van der Waals surface area contributed by atoms with Crippen molar-refractivity contribution < 1.29 is 33.4 Å². The van der Waals surface area contributed by atoms with E-state index in [-0.39, 0.29) is 63.0 Å². The van der Waals surface area contributed by atoms with Crippen LogP contribution in [0.3, 0.4) is 0 Å². The number of aromatic nitrogens is 2. The number of imidazole rings is 1. The minimum atomic E-state index is -0.980. The fraction of sp³-hybridized carbons (Fsp3) is 0.457. The fourth-order valence-corrected chi connectivity index (χ4v) is 5.92. The Hall–Kier alpha value is -4.87. The van der Waals surface area contributed by atoms with E-state index in [1.54, 1.807) is 48.6 Å². The van der Waals surface area contributed by atoms with Crippen molar-refractivity contribution in [2.24, 2.45) is 11.3 Å². The molecule has 2 N–H and O–H groups in total. The first-order valence-electron chi connectivity index (χ1n) is 16.2. The standard InChI is InChI=1S/C35H43N5O7/c1-3-46-34(44)35(20-25-6-7-25)21-26-8-13-29(45-2)30(19-26)47-22-32(42)37-15-18-39(16-4-5-31(41)38-23-35)33(43)27-9-11-28(12-10-27)40-17-14-36-24-40/h8-14,17,19,24-25H,3-7,15-16,18,20-23H2,1-2H3,(H,37,42)(H,38,41). The number of ether oxygens (including phenoxy) is 3. The molecule has 12 nitrogen and oxygen atoms in total. The number of methoxy groups -OCH3 is 1. The molecule has 47 heavy (non-hydrogen) atoms. The maximum atomic E-state index is 13.6. The normalized spacial score (nSPS) is 19.7. The van der Waals surface area contributed by atoms with Crippen LogP contribution < -0.4 is 20.1 Å². The molecule has 0 radical (unpaired) electrons. The molecule has 0 spiro atoms. The molecule has 2 heterocycles. The van der Waals surface area contributed by atoms with Crippen LogP contribution in [0.15, 0.2) is 61.2 Å². The van der Waals surface area contributed by atoms with E-state index >= 15 is 0 Å². The highest BCUT2D eigenvalue weighted by atomic mass is 16.5. The quantitative estimate of drug-likeness (QED) is 0.373. The van der Waals surface area contributed by atoms with E-state index in [0.717, 1.165) is 24.1 Å². The predicted octanol–water partition coefficient (Wildman–Crippen LogP) is 3.32. The Morgan fingerprint density at radius 1 is 1.06 bits per heavy atom. The van der Waals surface area contributed by atoms with Gasteiger partial charge >= 0.3 is 5.97 Å². The Labute approximate surface area is 274 Å². The van der Waals surface area contributed by atoms with E-state index in [2.05, 4.69) is 15.6 Å². The third kappa shape index (κ3) is 8.90. The average Bonchev–Trinajstić information content (AvgIpc) is 3.72. The van der Waals surface area contributed by atoms with Gasteiger partial charge in [-0.15, -0.1) is 0 Å². The number of hydrogen-bond acceptors (Lipinski definition) is 8. The Balaban J connectivity index is 1.37. The van der Waals surface area contributed by atoms with E-state index in [1.807, 2.05) is 29.0 Å². The van der Waals surface area contributed by atoms with Gasteiger partial charge in [-0.2, -0.15) is 0 Å². The number of carbonyl (C=O) groups excluding carboxylic acids is 4. The lowest BCUT2D eigenvalue weighted by atomic mass is 9.76. The first-order chi connectivity index (χ1) is 22.8. The number of hydrogen-bond donors (Lipinski definition) is 2. The second-order valence-electron chi connectivity index (χ2n) is 12.1. The van der Waals surface area contributed by atoms with Crippen LogP contribution in [0.5, 0.6) is 11.5 Å². The summed E-state index contributed by atoms with van der Waals surface area (Å²) < 4.78 is 18.8. The van der Waals surface area contributed by atoms with Gasteiger partial charge < -0.3 is 34.3 Å². The first kappa shape index (κ1) is 33.5. The number of nitrogens with zero attached hydrogens (tertiary/aromatic N) is 3. The second-order valence-corrected chi connectivity index (χ2v) is 12.1. The monoisotopic (exact) mass is 645 g/mol. The van der Waals surface area contributed by atoms with E-state index in [4.69, 9.17) is 14.2 Å². The molecule has 1 aliphatic carbocycles. The summed E-state index contributed by atoms with van der Waals surface area (Å²) in [5, 5.41) is 5.84. The van der Waals surface area contributed by atoms with Gasteiger partial charge in [0.1, 0.15) is 0 Å². The third-order valence-corrected chi connectivity index (χ3v) is 8.58. The molecule has 1 aliphatic heterocycles.